The summed E-state index contributed by atoms with van der Waals surface area (Å²) >= 11 is 3.46. The maximum atomic E-state index is 13.0. The number of nitrogens with zero attached hydrogens (tertiary/aromatic N) is 2. The van der Waals surface area contributed by atoms with Gasteiger partial charge in [-0.3, -0.25) is 9.59 Å². The van der Waals surface area contributed by atoms with Gasteiger partial charge in [-0.25, -0.2) is 0 Å². The number of hydrogen-bond donors (Lipinski definition) is 1. The van der Waals surface area contributed by atoms with E-state index in [9.17, 15) is 14.7 Å². The topological polar surface area (TPSA) is 70.1 Å². The molecular weight excluding hydrogens is 448 g/mol. The highest BCUT2D eigenvalue weighted by molar-refractivity contribution is 9.10. The highest BCUT2D eigenvalue weighted by Crippen LogP contribution is 2.40. The predicted molar refractivity (Wildman–Crippen MR) is 119 cm³/mol. The molecule has 0 spiro atoms. The lowest BCUT2D eigenvalue weighted by atomic mass is 9.95. The maximum absolute atomic E-state index is 13.0. The monoisotopic (exact) mass is 472 g/mol. The average molecular weight is 473 g/mol. The molecule has 1 aliphatic rings. The van der Waals surface area contributed by atoms with Gasteiger partial charge in [0.25, 0.3) is 11.7 Å². The van der Waals surface area contributed by atoms with Crippen LogP contribution in [0, 0.1) is 0 Å². The number of aliphatic hydroxyl groups excluding tert-OH is 1. The number of rotatable bonds is 7. The first-order valence-corrected chi connectivity index (χ1v) is 10.5. The number of carbonyl (C=O) groups is 2. The number of carbonyl (C=O) groups excluding carboxylic acids is 2. The summed E-state index contributed by atoms with van der Waals surface area (Å²) in [6.45, 7) is 1.19. The van der Waals surface area contributed by atoms with E-state index in [2.05, 4.69) is 15.9 Å². The number of benzene rings is 2. The number of likely N-dealkylation sites (tertiary alicyclic amines) is 1. The highest BCUT2D eigenvalue weighted by atomic mass is 79.9. The molecule has 1 heterocycles. The van der Waals surface area contributed by atoms with Crippen LogP contribution in [0.4, 0.5) is 0 Å². The van der Waals surface area contributed by atoms with Gasteiger partial charge in [-0.2, -0.15) is 0 Å². The molecule has 0 aliphatic carbocycles. The molecule has 158 valence electrons. The maximum Gasteiger partial charge on any atom is 0.295 e. The van der Waals surface area contributed by atoms with Crippen LogP contribution in [-0.2, 0) is 9.59 Å². The summed E-state index contributed by atoms with van der Waals surface area (Å²) in [5.74, 6) is -0.918. The van der Waals surface area contributed by atoms with Crippen LogP contribution in [0.1, 0.15) is 23.6 Å². The molecule has 0 aromatic heterocycles. The average Bonchev–Trinajstić information content (AvgIpc) is 2.98. The van der Waals surface area contributed by atoms with Gasteiger partial charge in [0.2, 0.25) is 0 Å². The van der Waals surface area contributed by atoms with E-state index < -0.39 is 17.7 Å². The number of ether oxygens (including phenoxy) is 1. The Kier molecular flexibility index (Phi) is 6.95. The number of aliphatic hydroxyl groups is 1. The van der Waals surface area contributed by atoms with E-state index in [0.29, 0.717) is 24.3 Å². The van der Waals surface area contributed by atoms with Crippen molar-refractivity contribution in [1.29, 1.82) is 0 Å². The van der Waals surface area contributed by atoms with Crippen molar-refractivity contribution in [2.45, 2.75) is 12.5 Å². The number of Topliss-reactive ketones (excluding diaryl/α,β-unsaturated/α-hetero) is 1. The van der Waals surface area contributed by atoms with Crippen LogP contribution in [0.2, 0.25) is 0 Å². The van der Waals surface area contributed by atoms with Crippen LogP contribution >= 0.6 is 15.9 Å². The minimum atomic E-state index is -0.676. The van der Waals surface area contributed by atoms with Gasteiger partial charge in [0.1, 0.15) is 11.5 Å². The Morgan fingerprint density at radius 2 is 1.90 bits per heavy atom. The van der Waals surface area contributed by atoms with Crippen molar-refractivity contribution in [2.24, 2.45) is 0 Å². The number of halogens is 1. The second-order valence-corrected chi connectivity index (χ2v) is 8.35. The second-order valence-electron chi connectivity index (χ2n) is 7.44. The zero-order valence-corrected chi connectivity index (χ0v) is 18.8. The smallest absolute Gasteiger partial charge is 0.295 e. The Morgan fingerprint density at radius 3 is 2.57 bits per heavy atom. The molecule has 6 nitrogen and oxygen atoms in total. The van der Waals surface area contributed by atoms with Crippen molar-refractivity contribution in [2.75, 3.05) is 34.3 Å². The molecule has 1 aliphatic heterocycles. The van der Waals surface area contributed by atoms with Crippen LogP contribution in [0.25, 0.3) is 5.76 Å². The minimum Gasteiger partial charge on any atom is -0.507 e. The number of hydrogen-bond acceptors (Lipinski definition) is 5. The molecule has 0 unspecified atom stereocenters. The zero-order valence-electron chi connectivity index (χ0n) is 17.3. The van der Waals surface area contributed by atoms with Crippen molar-refractivity contribution < 1.29 is 19.4 Å². The fourth-order valence-corrected chi connectivity index (χ4v) is 4.03. The van der Waals surface area contributed by atoms with E-state index in [1.807, 2.05) is 43.3 Å². The molecule has 0 saturated carbocycles. The summed E-state index contributed by atoms with van der Waals surface area (Å²) in [6, 6.07) is 13.6. The third kappa shape index (κ3) is 4.57. The third-order valence-corrected chi connectivity index (χ3v) is 5.55. The van der Waals surface area contributed by atoms with Crippen LogP contribution in [-0.4, -0.2) is 60.9 Å². The lowest BCUT2D eigenvalue weighted by Gasteiger charge is -2.26. The van der Waals surface area contributed by atoms with E-state index >= 15 is 0 Å². The van der Waals surface area contributed by atoms with Gasteiger partial charge in [0, 0.05) is 16.6 Å². The zero-order chi connectivity index (χ0) is 21.8. The minimum absolute atomic E-state index is 0.0937. The Balaban J connectivity index is 2.11. The van der Waals surface area contributed by atoms with Gasteiger partial charge in [0.05, 0.1) is 18.7 Å². The van der Waals surface area contributed by atoms with E-state index in [4.69, 9.17) is 4.74 Å². The van der Waals surface area contributed by atoms with Crippen molar-refractivity contribution >= 4 is 33.4 Å². The van der Waals surface area contributed by atoms with Crippen LogP contribution in [0.5, 0.6) is 5.75 Å². The van der Waals surface area contributed by atoms with Crippen molar-refractivity contribution in [3.05, 3.63) is 69.7 Å². The molecule has 1 atom stereocenters. The first-order chi connectivity index (χ1) is 14.3. The molecule has 1 amide bonds. The lowest BCUT2D eigenvalue weighted by Crippen LogP contribution is -2.32. The number of amides is 1. The van der Waals surface area contributed by atoms with E-state index in [1.54, 1.807) is 29.2 Å². The molecule has 0 radical (unpaired) electrons. The van der Waals surface area contributed by atoms with E-state index in [0.717, 1.165) is 16.6 Å². The Hall–Kier alpha value is -2.64. The van der Waals surface area contributed by atoms with E-state index in [-0.39, 0.29) is 11.3 Å². The lowest BCUT2D eigenvalue weighted by molar-refractivity contribution is -0.139. The number of ketones is 1. The van der Waals surface area contributed by atoms with Crippen molar-refractivity contribution in [1.82, 2.24) is 9.80 Å². The Labute approximate surface area is 184 Å². The SMILES string of the molecule is COc1cccc(C(O)=C2C(=O)C(=O)N(CCCN(C)C)[C@@H]2c2cccc(Br)c2)c1. The summed E-state index contributed by atoms with van der Waals surface area (Å²) < 4.78 is 6.07. The molecule has 3 rings (SSSR count). The van der Waals surface area contributed by atoms with Gasteiger partial charge < -0.3 is 19.6 Å². The van der Waals surface area contributed by atoms with Crippen LogP contribution in [0.3, 0.4) is 0 Å². The normalized spacial score (nSPS) is 18.3. The van der Waals surface area contributed by atoms with Gasteiger partial charge in [-0.1, -0.05) is 40.2 Å². The largest absolute Gasteiger partial charge is 0.507 e. The molecule has 0 bridgehead atoms. The third-order valence-electron chi connectivity index (χ3n) is 5.05. The number of methoxy groups -OCH3 is 1. The summed E-state index contributed by atoms with van der Waals surface area (Å²) in [5.41, 5.74) is 1.29. The molecule has 2 aromatic rings. The van der Waals surface area contributed by atoms with Crippen LogP contribution < -0.4 is 4.74 Å². The molecule has 1 fully saturated rings. The van der Waals surface area contributed by atoms with E-state index in [1.165, 1.54) is 7.11 Å². The summed E-state index contributed by atoms with van der Waals surface area (Å²) in [4.78, 5) is 29.5. The van der Waals surface area contributed by atoms with Crippen LogP contribution in [0.15, 0.2) is 58.6 Å². The quantitative estimate of drug-likeness (QED) is 0.376. The first-order valence-electron chi connectivity index (χ1n) is 9.66. The summed E-state index contributed by atoms with van der Waals surface area (Å²) in [5, 5.41) is 11.1. The standard InChI is InChI=1S/C23H25BrN2O4/c1-25(2)11-6-12-26-20(15-7-4-9-17(24)13-15)19(22(28)23(26)29)21(27)16-8-5-10-18(14-16)30-3/h4-5,7-10,13-14,20,27H,6,11-12H2,1-3H3/t20-/m1/s1. The highest BCUT2D eigenvalue weighted by Gasteiger charge is 2.45. The Morgan fingerprint density at radius 1 is 1.17 bits per heavy atom. The summed E-state index contributed by atoms with van der Waals surface area (Å²) in [6.07, 6.45) is 0.712. The fourth-order valence-electron chi connectivity index (χ4n) is 3.62. The van der Waals surface area contributed by atoms with Crippen molar-refractivity contribution in [3.8, 4) is 5.75 Å². The first kappa shape index (κ1) is 22.1. The molecule has 2 aromatic carbocycles. The molecule has 7 heteroatoms. The van der Waals surface area contributed by atoms with Gasteiger partial charge in [0.15, 0.2) is 0 Å². The molecule has 30 heavy (non-hydrogen) atoms. The second kappa shape index (κ2) is 9.45. The molecular formula is C23H25BrN2O4. The van der Waals surface area contributed by atoms with Gasteiger partial charge >= 0.3 is 0 Å². The predicted octanol–water partition coefficient (Wildman–Crippen LogP) is 3.83. The van der Waals surface area contributed by atoms with Gasteiger partial charge in [-0.05, 0) is 56.9 Å². The van der Waals surface area contributed by atoms with Crippen molar-refractivity contribution in [3.63, 3.8) is 0 Å². The Bertz CT molecular complexity index is 987. The molecule has 1 saturated heterocycles. The fraction of sp³-hybridized carbons (Fsp3) is 0.304. The van der Waals surface area contributed by atoms with Gasteiger partial charge in [-0.15, -0.1) is 0 Å². The molecule has 1 N–H and O–H groups in total. The summed E-state index contributed by atoms with van der Waals surface area (Å²) in [7, 11) is 5.45.